The van der Waals surface area contributed by atoms with Crippen molar-refractivity contribution in [3.8, 4) is 0 Å². The molecular weight excluding hydrogens is 288 g/mol. The summed E-state index contributed by atoms with van der Waals surface area (Å²) in [6, 6.07) is 1.69. The van der Waals surface area contributed by atoms with Crippen molar-refractivity contribution in [3.05, 3.63) is 18.0 Å². The number of hydrogen-bond acceptors (Lipinski definition) is 4. The fraction of sp³-hybridized carbons (Fsp3) is 0.571. The van der Waals surface area contributed by atoms with Gasteiger partial charge in [-0.05, 0) is 31.7 Å². The molecule has 0 aliphatic carbocycles. The zero-order chi connectivity index (χ0) is 15.2. The van der Waals surface area contributed by atoms with Crippen molar-refractivity contribution in [1.29, 1.82) is 0 Å². The van der Waals surface area contributed by atoms with Gasteiger partial charge < -0.3 is 0 Å². The molecule has 0 bridgehead atoms. The average molecular weight is 308 g/mol. The Labute approximate surface area is 124 Å². The second-order valence-corrected chi connectivity index (χ2v) is 7.78. The van der Waals surface area contributed by atoms with Crippen LogP contribution < -0.4 is 0 Å². The van der Waals surface area contributed by atoms with Gasteiger partial charge in [0.15, 0.2) is 5.65 Å². The van der Waals surface area contributed by atoms with Gasteiger partial charge in [0.25, 0.3) is 0 Å². The number of hydrogen-bond donors (Lipinski definition) is 0. The Balaban J connectivity index is 2.01. The highest BCUT2D eigenvalue weighted by Gasteiger charge is 2.28. The average Bonchev–Trinajstić information content (AvgIpc) is 2.74. The molecule has 0 spiro atoms. The van der Waals surface area contributed by atoms with Crippen LogP contribution in [0.1, 0.15) is 25.5 Å². The molecule has 1 aliphatic rings. The van der Waals surface area contributed by atoms with Crippen LogP contribution in [0.5, 0.6) is 0 Å². The molecule has 114 valence electrons. The molecule has 1 aliphatic heterocycles. The minimum absolute atomic E-state index is 0.264. The minimum atomic E-state index is -3.45. The van der Waals surface area contributed by atoms with Crippen molar-refractivity contribution in [2.75, 3.05) is 13.1 Å². The topological polar surface area (TPSA) is 68.1 Å². The monoisotopic (exact) mass is 308 g/mol. The molecule has 0 N–H and O–H groups in total. The normalized spacial score (nSPS) is 18.4. The summed E-state index contributed by atoms with van der Waals surface area (Å²) in [5.74, 6) is 0.595. The van der Waals surface area contributed by atoms with Crippen molar-refractivity contribution < 1.29 is 8.42 Å². The zero-order valence-corrected chi connectivity index (χ0v) is 13.4. The summed E-state index contributed by atoms with van der Waals surface area (Å²) >= 11 is 0. The van der Waals surface area contributed by atoms with Crippen LogP contribution in [0.4, 0.5) is 0 Å². The second-order valence-electron chi connectivity index (χ2n) is 5.84. The van der Waals surface area contributed by atoms with E-state index in [0.29, 0.717) is 24.7 Å². The van der Waals surface area contributed by atoms with Crippen LogP contribution in [0.3, 0.4) is 0 Å². The lowest BCUT2D eigenvalue weighted by molar-refractivity contribution is 0.288. The van der Waals surface area contributed by atoms with Gasteiger partial charge in [0.05, 0.1) is 5.69 Å². The van der Waals surface area contributed by atoms with Gasteiger partial charge in [0.1, 0.15) is 4.90 Å². The highest BCUT2D eigenvalue weighted by molar-refractivity contribution is 7.89. The lowest BCUT2D eigenvalue weighted by Gasteiger charge is -2.29. The number of pyridine rings is 1. The minimum Gasteiger partial charge on any atom is -0.250 e. The molecule has 1 saturated heterocycles. The Morgan fingerprint density at radius 1 is 1.29 bits per heavy atom. The first-order chi connectivity index (χ1) is 9.89. The van der Waals surface area contributed by atoms with Gasteiger partial charge in [-0.3, -0.25) is 4.68 Å². The van der Waals surface area contributed by atoms with Crippen molar-refractivity contribution in [3.63, 3.8) is 0 Å². The number of aromatic nitrogens is 3. The Hall–Kier alpha value is -1.47. The van der Waals surface area contributed by atoms with E-state index in [1.54, 1.807) is 15.1 Å². The predicted octanol–water partition coefficient (Wildman–Crippen LogP) is 1.70. The van der Waals surface area contributed by atoms with E-state index >= 15 is 0 Å². The standard InChI is InChI=1S/C14H20N4O2S/c1-10-4-6-18(7-5-10)21(19,20)12-8-13-11(2)16-17(3)14(13)15-9-12/h8-10H,4-7H2,1-3H3. The predicted molar refractivity (Wildman–Crippen MR) is 80.4 cm³/mol. The first kappa shape index (κ1) is 14.5. The van der Waals surface area contributed by atoms with Crippen molar-refractivity contribution in [2.45, 2.75) is 31.6 Å². The Bertz CT molecular complexity index is 774. The number of sulfonamides is 1. The van der Waals surface area contributed by atoms with Crippen LogP contribution in [0.2, 0.25) is 0 Å². The molecule has 3 heterocycles. The van der Waals surface area contributed by atoms with Crippen molar-refractivity contribution in [1.82, 2.24) is 19.1 Å². The van der Waals surface area contributed by atoms with Gasteiger partial charge in [-0.2, -0.15) is 9.40 Å². The Morgan fingerprint density at radius 2 is 1.95 bits per heavy atom. The SMILES string of the molecule is Cc1nn(C)c2ncc(S(=O)(=O)N3CCC(C)CC3)cc12. The molecule has 0 saturated carbocycles. The molecule has 1 fully saturated rings. The molecule has 0 unspecified atom stereocenters. The molecule has 21 heavy (non-hydrogen) atoms. The quantitative estimate of drug-likeness (QED) is 0.847. The second kappa shape index (κ2) is 5.06. The van der Waals surface area contributed by atoms with E-state index in [1.165, 1.54) is 6.20 Å². The molecular formula is C14H20N4O2S. The third kappa shape index (κ3) is 2.44. The molecule has 7 heteroatoms. The van der Waals surface area contributed by atoms with Crippen LogP contribution in [-0.2, 0) is 17.1 Å². The van der Waals surface area contributed by atoms with E-state index < -0.39 is 10.0 Å². The molecule has 6 nitrogen and oxygen atoms in total. The lowest BCUT2D eigenvalue weighted by atomic mass is 10.0. The maximum Gasteiger partial charge on any atom is 0.244 e. The molecule has 3 rings (SSSR count). The van der Waals surface area contributed by atoms with Gasteiger partial charge in [0, 0.05) is 31.7 Å². The maximum absolute atomic E-state index is 12.7. The van der Waals surface area contributed by atoms with E-state index in [9.17, 15) is 8.42 Å². The highest BCUT2D eigenvalue weighted by Crippen LogP contribution is 2.25. The van der Waals surface area contributed by atoms with E-state index in [4.69, 9.17) is 0 Å². The largest absolute Gasteiger partial charge is 0.250 e. The van der Waals surface area contributed by atoms with Gasteiger partial charge >= 0.3 is 0 Å². The first-order valence-electron chi connectivity index (χ1n) is 7.19. The summed E-state index contributed by atoms with van der Waals surface area (Å²) in [7, 11) is -1.64. The summed E-state index contributed by atoms with van der Waals surface area (Å²) in [6.07, 6.45) is 3.28. The van der Waals surface area contributed by atoms with Crippen LogP contribution in [0.25, 0.3) is 11.0 Å². The van der Waals surface area contributed by atoms with Crippen molar-refractivity contribution >= 4 is 21.1 Å². The molecule has 0 atom stereocenters. The molecule has 0 radical (unpaired) electrons. The Kier molecular flexibility index (Phi) is 3.49. The van der Waals surface area contributed by atoms with Crippen molar-refractivity contribution in [2.24, 2.45) is 13.0 Å². The van der Waals surface area contributed by atoms with Gasteiger partial charge in [-0.1, -0.05) is 6.92 Å². The van der Waals surface area contributed by atoms with Gasteiger partial charge in [-0.25, -0.2) is 13.4 Å². The Morgan fingerprint density at radius 3 is 2.62 bits per heavy atom. The number of nitrogens with zero attached hydrogens (tertiary/aromatic N) is 4. The smallest absolute Gasteiger partial charge is 0.244 e. The van der Waals surface area contributed by atoms with E-state index in [1.807, 2.05) is 14.0 Å². The first-order valence-corrected chi connectivity index (χ1v) is 8.63. The third-order valence-corrected chi connectivity index (χ3v) is 6.08. The lowest BCUT2D eigenvalue weighted by Crippen LogP contribution is -2.37. The van der Waals surface area contributed by atoms with E-state index in [2.05, 4.69) is 17.0 Å². The van der Waals surface area contributed by atoms with Gasteiger partial charge in [-0.15, -0.1) is 0 Å². The maximum atomic E-state index is 12.7. The van der Waals surface area contributed by atoms with E-state index in [-0.39, 0.29) is 4.90 Å². The van der Waals surface area contributed by atoms with Crippen LogP contribution >= 0.6 is 0 Å². The molecule has 0 aromatic carbocycles. The zero-order valence-electron chi connectivity index (χ0n) is 12.6. The summed E-state index contributed by atoms with van der Waals surface area (Å²) in [6.45, 7) is 5.21. The third-order valence-electron chi connectivity index (χ3n) is 4.22. The van der Waals surface area contributed by atoms with Crippen LogP contribution in [0.15, 0.2) is 17.2 Å². The summed E-state index contributed by atoms with van der Waals surface area (Å²) in [4.78, 5) is 4.54. The highest BCUT2D eigenvalue weighted by atomic mass is 32.2. The summed E-state index contributed by atoms with van der Waals surface area (Å²) in [5, 5.41) is 5.08. The molecule has 2 aromatic rings. The number of fused-ring (bicyclic) bond motifs is 1. The van der Waals surface area contributed by atoms with Crippen LogP contribution in [0, 0.1) is 12.8 Å². The number of rotatable bonds is 2. The summed E-state index contributed by atoms with van der Waals surface area (Å²) in [5.41, 5.74) is 1.50. The van der Waals surface area contributed by atoms with Gasteiger partial charge in [0.2, 0.25) is 10.0 Å². The summed E-state index contributed by atoms with van der Waals surface area (Å²) < 4.78 is 28.7. The molecule has 0 amide bonds. The number of aryl methyl sites for hydroxylation is 2. The molecule has 2 aromatic heterocycles. The fourth-order valence-electron chi connectivity index (χ4n) is 2.80. The number of piperidine rings is 1. The van der Waals surface area contributed by atoms with Crippen LogP contribution in [-0.4, -0.2) is 40.6 Å². The van der Waals surface area contributed by atoms with E-state index in [0.717, 1.165) is 23.9 Å². The fourth-order valence-corrected chi connectivity index (χ4v) is 4.25.